The maximum Gasteiger partial charge on any atom is 0.446 e. The number of amides is 1. The standard InChI is InChI=1S/C17H9ClF10N2OS/c18-10-5-8(14(19,15(20,21)22)16(23,24)25)6-11(32-17(26,27)28)12(10)30-13(31)7-2-1-3-9(29)4-7/h1-6H,29H2,(H,30,31). The molecule has 0 aliphatic heterocycles. The van der Waals surface area contributed by atoms with Gasteiger partial charge in [-0.2, -0.15) is 39.5 Å². The fourth-order valence-electron chi connectivity index (χ4n) is 2.46. The molecular formula is C17H9ClF10N2OS. The fraction of sp³-hybridized carbons (Fsp3) is 0.235. The Morgan fingerprint density at radius 3 is 1.94 bits per heavy atom. The third-order valence-corrected chi connectivity index (χ3v) is 4.92. The summed E-state index contributed by atoms with van der Waals surface area (Å²) in [7, 11) is 0. The quantitative estimate of drug-likeness (QED) is 0.260. The number of benzene rings is 2. The minimum Gasteiger partial charge on any atom is -0.399 e. The fourth-order valence-corrected chi connectivity index (χ4v) is 3.48. The maximum absolute atomic E-state index is 14.3. The average Bonchev–Trinajstić information content (AvgIpc) is 2.60. The van der Waals surface area contributed by atoms with Crippen molar-refractivity contribution >= 4 is 40.6 Å². The Balaban J connectivity index is 2.68. The smallest absolute Gasteiger partial charge is 0.399 e. The minimum atomic E-state index is -6.58. The van der Waals surface area contributed by atoms with E-state index in [1.807, 2.05) is 5.32 Å². The van der Waals surface area contributed by atoms with Crippen LogP contribution in [0.25, 0.3) is 0 Å². The van der Waals surface area contributed by atoms with Crippen molar-refractivity contribution in [2.75, 3.05) is 11.1 Å². The second-order valence-electron chi connectivity index (χ2n) is 6.11. The lowest BCUT2D eigenvalue weighted by Crippen LogP contribution is -2.50. The van der Waals surface area contributed by atoms with Crippen molar-refractivity contribution in [2.24, 2.45) is 0 Å². The molecule has 2 aromatic rings. The third-order valence-electron chi connectivity index (χ3n) is 3.85. The van der Waals surface area contributed by atoms with E-state index in [1.165, 1.54) is 18.2 Å². The lowest BCUT2D eigenvalue weighted by atomic mass is 9.94. The Morgan fingerprint density at radius 1 is 0.906 bits per heavy atom. The van der Waals surface area contributed by atoms with Gasteiger partial charge in [0.15, 0.2) is 0 Å². The SMILES string of the molecule is Nc1cccc(C(=O)Nc2c(Cl)cc(C(F)(C(F)(F)F)C(F)(F)F)cc2SC(F)(F)F)c1. The molecule has 0 saturated carbocycles. The van der Waals surface area contributed by atoms with Crippen LogP contribution in [0.2, 0.25) is 5.02 Å². The molecule has 176 valence electrons. The molecule has 0 spiro atoms. The zero-order valence-corrected chi connectivity index (χ0v) is 16.6. The summed E-state index contributed by atoms with van der Waals surface area (Å²) in [5.41, 5.74) is -9.15. The second-order valence-corrected chi connectivity index (χ2v) is 7.63. The van der Waals surface area contributed by atoms with E-state index in [9.17, 15) is 48.7 Å². The van der Waals surface area contributed by atoms with Crippen molar-refractivity contribution in [1.29, 1.82) is 0 Å². The van der Waals surface area contributed by atoms with Gasteiger partial charge < -0.3 is 11.1 Å². The first-order valence-electron chi connectivity index (χ1n) is 7.96. The van der Waals surface area contributed by atoms with Gasteiger partial charge in [0.2, 0.25) is 0 Å². The zero-order valence-electron chi connectivity index (χ0n) is 15.0. The van der Waals surface area contributed by atoms with E-state index < -0.39 is 62.4 Å². The van der Waals surface area contributed by atoms with Gasteiger partial charge in [-0.1, -0.05) is 17.7 Å². The Morgan fingerprint density at radius 2 is 1.47 bits per heavy atom. The van der Waals surface area contributed by atoms with Gasteiger partial charge in [0.25, 0.3) is 5.91 Å². The van der Waals surface area contributed by atoms with Gasteiger partial charge in [0, 0.05) is 21.7 Å². The van der Waals surface area contributed by atoms with Gasteiger partial charge in [-0.15, -0.1) is 0 Å². The minimum absolute atomic E-state index is 0.0709. The Bertz CT molecular complexity index is 1010. The Labute approximate surface area is 181 Å². The third kappa shape index (κ3) is 5.34. The van der Waals surface area contributed by atoms with Crippen molar-refractivity contribution in [3.05, 3.63) is 52.5 Å². The molecule has 0 aliphatic rings. The van der Waals surface area contributed by atoms with E-state index in [-0.39, 0.29) is 23.4 Å². The monoisotopic (exact) mass is 514 g/mol. The summed E-state index contributed by atoms with van der Waals surface area (Å²) in [6, 6.07) is 4.44. The van der Waals surface area contributed by atoms with E-state index in [4.69, 9.17) is 17.3 Å². The van der Waals surface area contributed by atoms with Crippen LogP contribution in [0.3, 0.4) is 0 Å². The van der Waals surface area contributed by atoms with Crippen molar-refractivity contribution < 1.29 is 48.7 Å². The number of anilines is 2. The first-order chi connectivity index (χ1) is 14.4. The molecule has 32 heavy (non-hydrogen) atoms. The molecule has 0 unspecified atom stereocenters. The summed E-state index contributed by atoms with van der Waals surface area (Å²) in [5.74, 6) is -1.13. The number of hydrogen-bond donors (Lipinski definition) is 2. The number of hydrogen-bond acceptors (Lipinski definition) is 3. The van der Waals surface area contributed by atoms with Gasteiger partial charge in [0.1, 0.15) is 0 Å². The molecule has 0 aromatic heterocycles. The van der Waals surface area contributed by atoms with Crippen LogP contribution in [-0.4, -0.2) is 23.8 Å². The number of carbonyl (C=O) groups is 1. The number of carbonyl (C=O) groups excluding carboxylic acids is 1. The summed E-state index contributed by atoms with van der Waals surface area (Å²) in [6.45, 7) is 0. The topological polar surface area (TPSA) is 55.1 Å². The van der Waals surface area contributed by atoms with Crippen molar-refractivity contribution in [3.8, 4) is 0 Å². The number of rotatable bonds is 4. The molecule has 0 heterocycles. The molecule has 0 saturated heterocycles. The average molecular weight is 515 g/mol. The zero-order chi connectivity index (χ0) is 24.7. The highest BCUT2D eigenvalue weighted by Gasteiger charge is 2.73. The summed E-state index contributed by atoms with van der Waals surface area (Å²) in [4.78, 5) is 10.9. The lowest BCUT2D eigenvalue weighted by molar-refractivity contribution is -0.348. The van der Waals surface area contributed by atoms with E-state index in [2.05, 4.69) is 0 Å². The van der Waals surface area contributed by atoms with E-state index in [0.29, 0.717) is 0 Å². The molecule has 2 aromatic carbocycles. The van der Waals surface area contributed by atoms with Gasteiger partial charge in [0.05, 0.1) is 10.7 Å². The predicted molar refractivity (Wildman–Crippen MR) is 97.1 cm³/mol. The number of nitrogens with one attached hydrogen (secondary N) is 1. The summed E-state index contributed by atoms with van der Waals surface area (Å²) >= 11 is 4.42. The van der Waals surface area contributed by atoms with Crippen LogP contribution < -0.4 is 11.1 Å². The van der Waals surface area contributed by atoms with Crippen LogP contribution in [0.5, 0.6) is 0 Å². The maximum atomic E-state index is 14.3. The van der Waals surface area contributed by atoms with Gasteiger partial charge in [-0.05, 0) is 42.1 Å². The lowest BCUT2D eigenvalue weighted by Gasteiger charge is -2.31. The van der Waals surface area contributed by atoms with Crippen LogP contribution in [0.4, 0.5) is 55.3 Å². The largest absolute Gasteiger partial charge is 0.446 e. The molecule has 1 amide bonds. The Kier molecular flexibility index (Phi) is 6.91. The number of nitrogens with two attached hydrogens (primary N) is 1. The first-order valence-corrected chi connectivity index (χ1v) is 9.15. The summed E-state index contributed by atoms with van der Waals surface area (Å²) in [5, 5.41) is 0.676. The van der Waals surface area contributed by atoms with Crippen molar-refractivity contribution in [2.45, 2.75) is 28.4 Å². The van der Waals surface area contributed by atoms with Crippen molar-refractivity contribution in [3.63, 3.8) is 0 Å². The molecule has 0 bridgehead atoms. The van der Waals surface area contributed by atoms with Crippen LogP contribution in [0.15, 0.2) is 41.3 Å². The molecule has 0 atom stereocenters. The molecule has 0 fully saturated rings. The van der Waals surface area contributed by atoms with Crippen LogP contribution in [-0.2, 0) is 5.67 Å². The van der Waals surface area contributed by atoms with Crippen LogP contribution >= 0.6 is 23.4 Å². The van der Waals surface area contributed by atoms with Gasteiger partial charge in [-0.3, -0.25) is 4.79 Å². The number of nitrogen functional groups attached to an aromatic ring is 1. The van der Waals surface area contributed by atoms with Crippen LogP contribution in [0.1, 0.15) is 15.9 Å². The summed E-state index contributed by atoms with van der Waals surface area (Å²) < 4.78 is 131. The highest BCUT2D eigenvalue weighted by atomic mass is 35.5. The number of thioether (sulfide) groups is 1. The molecular weight excluding hydrogens is 506 g/mol. The van der Waals surface area contributed by atoms with Crippen LogP contribution in [0, 0.1) is 0 Å². The number of alkyl halides is 10. The predicted octanol–water partition coefficient (Wildman–Crippen LogP) is 7.08. The molecule has 15 heteroatoms. The Hall–Kier alpha value is -2.35. The molecule has 3 N–H and O–H groups in total. The second kappa shape index (κ2) is 8.54. The summed E-state index contributed by atoms with van der Waals surface area (Å²) in [6.07, 6.45) is -13.2. The molecule has 2 rings (SSSR count). The van der Waals surface area contributed by atoms with E-state index in [0.717, 1.165) is 6.07 Å². The van der Waals surface area contributed by atoms with E-state index in [1.54, 1.807) is 0 Å². The first kappa shape index (κ1) is 25.9. The van der Waals surface area contributed by atoms with Gasteiger partial charge >= 0.3 is 23.5 Å². The van der Waals surface area contributed by atoms with Gasteiger partial charge in [-0.25, -0.2) is 4.39 Å². The van der Waals surface area contributed by atoms with E-state index >= 15 is 0 Å². The highest BCUT2D eigenvalue weighted by molar-refractivity contribution is 8.00. The highest BCUT2D eigenvalue weighted by Crippen LogP contribution is 2.55. The molecule has 0 radical (unpaired) electrons. The normalized spacial score (nSPS) is 13.2. The molecule has 0 aliphatic carbocycles. The molecule has 3 nitrogen and oxygen atoms in total. The number of halogens is 11. The van der Waals surface area contributed by atoms with Crippen molar-refractivity contribution in [1.82, 2.24) is 0 Å².